The SMILES string of the molecule is CCCCc1ccc(C(=O)Nc2c(-c3ccc(F)c(F)c3)nc3ccccn23)cc1. The fourth-order valence-electron chi connectivity index (χ4n) is 3.34. The number of imidazole rings is 1. The molecule has 2 aromatic carbocycles. The van der Waals surface area contributed by atoms with E-state index in [1.807, 2.05) is 24.3 Å². The third-order valence-electron chi connectivity index (χ3n) is 4.99. The Balaban J connectivity index is 1.69. The second kappa shape index (κ2) is 8.45. The molecule has 0 saturated carbocycles. The molecule has 4 rings (SSSR count). The molecule has 0 saturated heterocycles. The van der Waals surface area contributed by atoms with E-state index in [1.54, 1.807) is 28.8 Å². The molecule has 0 aliphatic rings. The maximum absolute atomic E-state index is 13.8. The van der Waals surface area contributed by atoms with Crippen LogP contribution in [0.1, 0.15) is 35.7 Å². The standard InChI is InChI=1S/C24H21F2N3O/c1-2-3-6-16-8-10-17(11-9-16)24(30)28-23-22(18-12-13-19(25)20(26)15-18)27-21-7-4-5-14-29(21)23/h4-5,7-15H,2-3,6H2,1H3,(H,28,30). The van der Waals surface area contributed by atoms with Crippen LogP contribution in [0.15, 0.2) is 66.9 Å². The quantitative estimate of drug-likeness (QED) is 0.436. The zero-order chi connectivity index (χ0) is 21.1. The Kier molecular flexibility index (Phi) is 5.57. The number of nitrogens with zero attached hydrogens (tertiary/aromatic N) is 2. The number of carbonyl (C=O) groups excluding carboxylic acids is 1. The van der Waals surface area contributed by atoms with E-state index >= 15 is 0 Å². The molecule has 0 atom stereocenters. The van der Waals surface area contributed by atoms with E-state index in [2.05, 4.69) is 17.2 Å². The van der Waals surface area contributed by atoms with Crippen LogP contribution >= 0.6 is 0 Å². The molecule has 0 bridgehead atoms. The Hall–Kier alpha value is -3.54. The molecular formula is C24H21F2N3O. The van der Waals surface area contributed by atoms with E-state index in [9.17, 15) is 13.6 Å². The molecule has 0 spiro atoms. The fourth-order valence-corrected chi connectivity index (χ4v) is 3.34. The number of benzene rings is 2. The number of unbranched alkanes of at least 4 members (excludes halogenated alkanes) is 1. The van der Waals surface area contributed by atoms with Crippen LogP contribution in [0.3, 0.4) is 0 Å². The summed E-state index contributed by atoms with van der Waals surface area (Å²) < 4.78 is 28.9. The number of halogens is 2. The van der Waals surface area contributed by atoms with Crippen LogP contribution in [0.25, 0.3) is 16.9 Å². The largest absolute Gasteiger partial charge is 0.306 e. The summed E-state index contributed by atoms with van der Waals surface area (Å²) in [6.07, 6.45) is 4.95. The molecule has 0 aliphatic heterocycles. The Bertz CT molecular complexity index is 1200. The number of rotatable bonds is 6. The zero-order valence-corrected chi connectivity index (χ0v) is 16.5. The average molecular weight is 405 g/mol. The number of aromatic nitrogens is 2. The van der Waals surface area contributed by atoms with Gasteiger partial charge in [-0.15, -0.1) is 0 Å². The van der Waals surface area contributed by atoms with Crippen LogP contribution in [-0.4, -0.2) is 15.3 Å². The Morgan fingerprint density at radius 1 is 1.03 bits per heavy atom. The highest BCUT2D eigenvalue weighted by Crippen LogP contribution is 2.30. The lowest BCUT2D eigenvalue weighted by Crippen LogP contribution is -2.14. The van der Waals surface area contributed by atoms with Gasteiger partial charge in [0.15, 0.2) is 11.6 Å². The molecule has 30 heavy (non-hydrogen) atoms. The van der Waals surface area contributed by atoms with E-state index in [4.69, 9.17) is 0 Å². The Morgan fingerprint density at radius 3 is 2.57 bits per heavy atom. The van der Waals surface area contributed by atoms with Gasteiger partial charge in [-0.2, -0.15) is 0 Å². The first-order valence-electron chi connectivity index (χ1n) is 9.89. The fraction of sp³-hybridized carbons (Fsp3) is 0.167. The zero-order valence-electron chi connectivity index (χ0n) is 16.5. The summed E-state index contributed by atoms with van der Waals surface area (Å²) in [5.41, 5.74) is 3.03. The van der Waals surface area contributed by atoms with Crippen molar-refractivity contribution >= 4 is 17.4 Å². The van der Waals surface area contributed by atoms with Crippen LogP contribution in [-0.2, 0) is 6.42 Å². The van der Waals surface area contributed by atoms with Crippen molar-refractivity contribution in [1.82, 2.24) is 9.38 Å². The summed E-state index contributed by atoms with van der Waals surface area (Å²) >= 11 is 0. The van der Waals surface area contributed by atoms with Crippen molar-refractivity contribution in [1.29, 1.82) is 0 Å². The van der Waals surface area contributed by atoms with E-state index in [0.717, 1.165) is 31.4 Å². The molecule has 1 N–H and O–H groups in total. The summed E-state index contributed by atoms with van der Waals surface area (Å²) in [6, 6.07) is 16.5. The summed E-state index contributed by atoms with van der Waals surface area (Å²) in [7, 11) is 0. The van der Waals surface area contributed by atoms with Crippen LogP contribution in [0.5, 0.6) is 0 Å². The molecule has 0 radical (unpaired) electrons. The highest BCUT2D eigenvalue weighted by molar-refractivity contribution is 6.05. The van der Waals surface area contributed by atoms with Crippen LogP contribution in [0.4, 0.5) is 14.6 Å². The lowest BCUT2D eigenvalue weighted by atomic mass is 10.1. The molecule has 6 heteroatoms. The highest BCUT2D eigenvalue weighted by Gasteiger charge is 2.18. The minimum absolute atomic E-state index is 0.300. The number of pyridine rings is 1. The van der Waals surface area contributed by atoms with Crippen molar-refractivity contribution in [3.63, 3.8) is 0 Å². The van der Waals surface area contributed by atoms with Gasteiger partial charge < -0.3 is 5.32 Å². The number of anilines is 1. The minimum Gasteiger partial charge on any atom is -0.306 e. The summed E-state index contributed by atoms with van der Waals surface area (Å²) in [6.45, 7) is 2.14. The van der Waals surface area contributed by atoms with Crippen LogP contribution < -0.4 is 5.32 Å². The molecular weight excluding hydrogens is 384 g/mol. The van der Waals surface area contributed by atoms with Gasteiger partial charge >= 0.3 is 0 Å². The van der Waals surface area contributed by atoms with Gasteiger partial charge in [0.25, 0.3) is 5.91 Å². The van der Waals surface area contributed by atoms with Gasteiger partial charge in [-0.1, -0.05) is 31.5 Å². The normalized spacial score (nSPS) is 11.0. The lowest BCUT2D eigenvalue weighted by molar-refractivity contribution is 0.102. The van der Waals surface area contributed by atoms with Crippen molar-refractivity contribution in [2.45, 2.75) is 26.2 Å². The number of fused-ring (bicyclic) bond motifs is 1. The lowest BCUT2D eigenvalue weighted by Gasteiger charge is -2.09. The van der Waals surface area contributed by atoms with Crippen molar-refractivity contribution in [3.8, 4) is 11.3 Å². The second-order valence-corrected chi connectivity index (χ2v) is 7.12. The monoisotopic (exact) mass is 405 g/mol. The molecule has 0 fully saturated rings. The highest BCUT2D eigenvalue weighted by atomic mass is 19.2. The second-order valence-electron chi connectivity index (χ2n) is 7.12. The Morgan fingerprint density at radius 2 is 1.83 bits per heavy atom. The first kappa shape index (κ1) is 19.8. The van der Waals surface area contributed by atoms with Crippen molar-refractivity contribution < 1.29 is 13.6 Å². The van der Waals surface area contributed by atoms with Gasteiger partial charge in [-0.25, -0.2) is 13.8 Å². The van der Waals surface area contributed by atoms with Crippen molar-refractivity contribution in [2.24, 2.45) is 0 Å². The van der Waals surface area contributed by atoms with E-state index in [0.29, 0.717) is 28.3 Å². The van der Waals surface area contributed by atoms with Crippen molar-refractivity contribution in [3.05, 3.63) is 89.6 Å². The molecule has 4 nitrogen and oxygen atoms in total. The molecule has 1 amide bonds. The number of carbonyl (C=O) groups is 1. The molecule has 0 aliphatic carbocycles. The number of hydrogen-bond donors (Lipinski definition) is 1. The molecule has 4 aromatic rings. The smallest absolute Gasteiger partial charge is 0.256 e. The average Bonchev–Trinajstić information content (AvgIpc) is 3.13. The predicted molar refractivity (Wildman–Crippen MR) is 114 cm³/mol. The predicted octanol–water partition coefficient (Wildman–Crippen LogP) is 5.87. The minimum atomic E-state index is -0.968. The van der Waals surface area contributed by atoms with Gasteiger partial charge in [0.05, 0.1) is 0 Å². The number of nitrogens with one attached hydrogen (secondary N) is 1. The summed E-state index contributed by atoms with van der Waals surface area (Å²) in [5.74, 6) is -1.80. The van der Waals surface area contributed by atoms with E-state index in [-0.39, 0.29) is 5.91 Å². The number of hydrogen-bond acceptors (Lipinski definition) is 2. The summed E-state index contributed by atoms with van der Waals surface area (Å²) in [4.78, 5) is 17.4. The number of amides is 1. The third-order valence-corrected chi connectivity index (χ3v) is 4.99. The first-order chi connectivity index (χ1) is 14.6. The number of aryl methyl sites for hydroxylation is 1. The van der Waals surface area contributed by atoms with Gasteiger partial charge in [0.1, 0.15) is 17.2 Å². The molecule has 2 heterocycles. The third kappa shape index (κ3) is 3.94. The van der Waals surface area contributed by atoms with Gasteiger partial charge in [0, 0.05) is 17.3 Å². The molecule has 152 valence electrons. The van der Waals surface area contributed by atoms with Gasteiger partial charge in [-0.05, 0) is 60.9 Å². The van der Waals surface area contributed by atoms with Gasteiger partial charge in [-0.3, -0.25) is 9.20 Å². The Labute approximate surface area is 173 Å². The summed E-state index contributed by atoms with van der Waals surface area (Å²) in [5, 5.41) is 2.89. The first-order valence-corrected chi connectivity index (χ1v) is 9.89. The maximum atomic E-state index is 13.8. The molecule has 2 aromatic heterocycles. The topological polar surface area (TPSA) is 46.4 Å². The maximum Gasteiger partial charge on any atom is 0.256 e. The van der Waals surface area contributed by atoms with Crippen LogP contribution in [0, 0.1) is 11.6 Å². The molecule has 0 unspecified atom stereocenters. The van der Waals surface area contributed by atoms with E-state index in [1.165, 1.54) is 11.6 Å². The van der Waals surface area contributed by atoms with Crippen LogP contribution in [0.2, 0.25) is 0 Å². The van der Waals surface area contributed by atoms with E-state index < -0.39 is 11.6 Å². The van der Waals surface area contributed by atoms with Crippen molar-refractivity contribution in [2.75, 3.05) is 5.32 Å². The van der Waals surface area contributed by atoms with Gasteiger partial charge in [0.2, 0.25) is 0 Å².